The lowest BCUT2D eigenvalue weighted by atomic mass is 10.0. The lowest BCUT2D eigenvalue weighted by molar-refractivity contribution is 0.256. The van der Waals surface area contributed by atoms with Gasteiger partial charge in [-0.3, -0.25) is 0 Å². The second-order valence-corrected chi connectivity index (χ2v) is 9.92. The third kappa shape index (κ3) is 8.59. The zero-order valence-corrected chi connectivity index (χ0v) is 23.3. The van der Waals surface area contributed by atoms with Gasteiger partial charge in [0.2, 0.25) is 0 Å². The quantitative estimate of drug-likeness (QED) is 0.144. The van der Waals surface area contributed by atoms with Crippen LogP contribution in [0.25, 0.3) is 11.1 Å². The summed E-state index contributed by atoms with van der Waals surface area (Å²) >= 11 is 0. The molecule has 0 aliphatic rings. The smallest absolute Gasteiger partial charge is 0.165 e. The molecule has 0 saturated heterocycles. The van der Waals surface area contributed by atoms with Crippen LogP contribution in [0.15, 0.2) is 91.0 Å². The average Bonchev–Trinajstić information content (AvgIpc) is 3.00. The molecule has 0 fully saturated rings. The van der Waals surface area contributed by atoms with Crippen molar-refractivity contribution < 1.29 is 23.7 Å². The Bertz CT molecular complexity index is 1310. The summed E-state index contributed by atoms with van der Waals surface area (Å²) in [7, 11) is 0. The van der Waals surface area contributed by atoms with Crippen LogP contribution in [0.4, 0.5) is 4.39 Å². The minimum Gasteiger partial charge on any atom is -0.491 e. The van der Waals surface area contributed by atoms with Crippen molar-refractivity contribution in [1.29, 1.82) is 0 Å². The van der Waals surface area contributed by atoms with E-state index < -0.39 is 5.82 Å². The molecule has 4 rings (SSSR count). The molecule has 210 valence electrons. The molecule has 0 aliphatic heterocycles. The summed E-state index contributed by atoms with van der Waals surface area (Å²) in [6.45, 7) is 3.16. The van der Waals surface area contributed by atoms with Gasteiger partial charge in [-0.25, -0.2) is 4.39 Å². The fraction of sp³-hybridized carbons (Fsp3) is 0.314. The fourth-order valence-corrected chi connectivity index (χ4v) is 4.53. The van der Waals surface area contributed by atoms with Crippen molar-refractivity contribution in [3.63, 3.8) is 0 Å². The van der Waals surface area contributed by atoms with E-state index in [1.54, 1.807) is 12.1 Å². The van der Waals surface area contributed by atoms with Crippen molar-refractivity contribution in [3.05, 3.63) is 114 Å². The van der Waals surface area contributed by atoms with Gasteiger partial charge in [0.05, 0.1) is 13.2 Å². The van der Waals surface area contributed by atoms with E-state index in [9.17, 15) is 5.11 Å². The monoisotopic (exact) mass is 542 g/mol. The predicted octanol–water partition coefficient (Wildman–Crippen LogP) is 8.88. The Labute approximate surface area is 237 Å². The zero-order valence-electron chi connectivity index (χ0n) is 23.3. The molecular formula is C35H39FO4. The first kappa shape index (κ1) is 29.2. The van der Waals surface area contributed by atoms with Gasteiger partial charge in [-0.1, -0.05) is 106 Å². The van der Waals surface area contributed by atoms with E-state index in [1.807, 2.05) is 72.8 Å². The van der Waals surface area contributed by atoms with Crippen LogP contribution in [-0.2, 0) is 19.8 Å². The molecule has 0 saturated carbocycles. The first-order valence-electron chi connectivity index (χ1n) is 14.2. The van der Waals surface area contributed by atoms with Crippen LogP contribution in [0.3, 0.4) is 0 Å². The Hall–Kier alpha value is -3.83. The molecule has 0 amide bonds. The van der Waals surface area contributed by atoms with Gasteiger partial charge in [0.25, 0.3) is 0 Å². The van der Waals surface area contributed by atoms with E-state index in [1.165, 1.54) is 31.7 Å². The fourth-order valence-electron chi connectivity index (χ4n) is 4.53. The maximum atomic E-state index is 15.2. The molecule has 1 N–H and O–H groups in total. The van der Waals surface area contributed by atoms with Gasteiger partial charge in [-0.15, -0.1) is 0 Å². The van der Waals surface area contributed by atoms with E-state index in [0.29, 0.717) is 48.0 Å². The SMILES string of the molecule is CCCCCCCCOc1ccc(-c2cc(OCc3ccccc3)c(CO)cc2OCc2ccccc2)cc1F. The number of hydrogen-bond acceptors (Lipinski definition) is 4. The molecule has 0 atom stereocenters. The number of halogens is 1. The minimum atomic E-state index is -0.421. The lowest BCUT2D eigenvalue weighted by Gasteiger charge is -2.18. The molecule has 0 radical (unpaired) electrons. The van der Waals surface area contributed by atoms with Crippen molar-refractivity contribution in [2.45, 2.75) is 65.3 Å². The van der Waals surface area contributed by atoms with Crippen LogP contribution in [0.1, 0.15) is 62.1 Å². The van der Waals surface area contributed by atoms with E-state index >= 15 is 4.39 Å². The molecule has 4 aromatic carbocycles. The maximum Gasteiger partial charge on any atom is 0.165 e. The summed E-state index contributed by atoms with van der Waals surface area (Å²) in [5.41, 5.74) is 3.93. The predicted molar refractivity (Wildman–Crippen MR) is 158 cm³/mol. The van der Waals surface area contributed by atoms with E-state index in [0.717, 1.165) is 24.0 Å². The summed E-state index contributed by atoms with van der Waals surface area (Å²) in [6, 6.07) is 28.2. The van der Waals surface area contributed by atoms with Crippen LogP contribution < -0.4 is 14.2 Å². The largest absolute Gasteiger partial charge is 0.491 e. The molecule has 0 aromatic heterocycles. The van der Waals surface area contributed by atoms with Crippen molar-refractivity contribution in [2.75, 3.05) is 6.61 Å². The molecule has 0 unspecified atom stereocenters. The Morgan fingerprint density at radius 3 is 1.88 bits per heavy atom. The third-order valence-electron chi connectivity index (χ3n) is 6.81. The van der Waals surface area contributed by atoms with Crippen LogP contribution >= 0.6 is 0 Å². The second kappa shape index (κ2) is 15.7. The molecule has 40 heavy (non-hydrogen) atoms. The van der Waals surface area contributed by atoms with Gasteiger partial charge in [-0.05, 0) is 47.4 Å². The van der Waals surface area contributed by atoms with Crippen LogP contribution in [0.5, 0.6) is 17.2 Å². The minimum absolute atomic E-state index is 0.217. The van der Waals surface area contributed by atoms with Gasteiger partial charge in [0.15, 0.2) is 11.6 Å². The van der Waals surface area contributed by atoms with E-state index in [4.69, 9.17) is 14.2 Å². The maximum absolute atomic E-state index is 15.2. The molecule has 5 heteroatoms. The molecule has 0 heterocycles. The number of unbranched alkanes of at least 4 members (excludes halogenated alkanes) is 5. The lowest BCUT2D eigenvalue weighted by Crippen LogP contribution is -2.03. The van der Waals surface area contributed by atoms with Gasteiger partial charge >= 0.3 is 0 Å². The summed E-state index contributed by atoms with van der Waals surface area (Å²) < 4.78 is 33.2. The van der Waals surface area contributed by atoms with Gasteiger partial charge in [-0.2, -0.15) is 0 Å². The van der Waals surface area contributed by atoms with Crippen LogP contribution in [0.2, 0.25) is 0 Å². The Balaban J connectivity index is 1.55. The van der Waals surface area contributed by atoms with Gasteiger partial charge in [0.1, 0.15) is 24.7 Å². The Morgan fingerprint density at radius 1 is 0.625 bits per heavy atom. The van der Waals surface area contributed by atoms with Crippen LogP contribution in [0, 0.1) is 5.82 Å². The number of aliphatic hydroxyl groups is 1. The summed E-state index contributed by atoms with van der Waals surface area (Å²) in [4.78, 5) is 0. The number of rotatable bonds is 16. The van der Waals surface area contributed by atoms with Gasteiger partial charge in [0, 0.05) is 11.1 Å². The highest BCUT2D eigenvalue weighted by Gasteiger charge is 2.16. The molecule has 0 aliphatic carbocycles. The number of benzene rings is 4. The molecule has 4 nitrogen and oxygen atoms in total. The average molecular weight is 543 g/mol. The second-order valence-electron chi connectivity index (χ2n) is 9.92. The molecule has 0 spiro atoms. The Morgan fingerprint density at radius 2 is 1.25 bits per heavy atom. The summed E-state index contributed by atoms with van der Waals surface area (Å²) in [6.07, 6.45) is 6.89. The third-order valence-corrected chi connectivity index (χ3v) is 6.81. The highest BCUT2D eigenvalue weighted by Crippen LogP contribution is 2.38. The highest BCUT2D eigenvalue weighted by atomic mass is 19.1. The molecule has 4 aromatic rings. The standard InChI is InChI=1S/C35H39FO4/c1-2-3-4-5-6-13-20-38-33-19-18-29(21-32(33)36)31-23-34(39-25-27-14-9-7-10-15-27)30(24-37)22-35(31)40-26-28-16-11-8-12-17-28/h7-12,14-19,21-23,37H,2-6,13,20,24-26H2,1H3. The van der Waals surface area contributed by atoms with Crippen LogP contribution in [-0.4, -0.2) is 11.7 Å². The number of aliphatic hydroxyl groups excluding tert-OH is 1. The first-order valence-corrected chi connectivity index (χ1v) is 14.2. The zero-order chi connectivity index (χ0) is 28.0. The van der Waals surface area contributed by atoms with Gasteiger partial charge < -0.3 is 19.3 Å². The molecule has 0 bridgehead atoms. The number of hydrogen-bond donors (Lipinski definition) is 1. The Kier molecular flexibility index (Phi) is 11.4. The van der Waals surface area contributed by atoms with E-state index in [-0.39, 0.29) is 12.4 Å². The molecular weight excluding hydrogens is 503 g/mol. The summed E-state index contributed by atoms with van der Waals surface area (Å²) in [5, 5.41) is 10.1. The van der Waals surface area contributed by atoms with Crippen molar-refractivity contribution in [2.24, 2.45) is 0 Å². The van der Waals surface area contributed by atoms with Crippen molar-refractivity contribution in [1.82, 2.24) is 0 Å². The number of ether oxygens (including phenoxy) is 3. The van der Waals surface area contributed by atoms with E-state index in [2.05, 4.69) is 6.92 Å². The first-order chi connectivity index (χ1) is 19.7. The van der Waals surface area contributed by atoms with Crippen molar-refractivity contribution >= 4 is 0 Å². The summed E-state index contributed by atoms with van der Waals surface area (Å²) in [5.74, 6) is 0.893. The van der Waals surface area contributed by atoms with Crippen molar-refractivity contribution in [3.8, 4) is 28.4 Å². The highest BCUT2D eigenvalue weighted by molar-refractivity contribution is 5.74. The normalized spacial score (nSPS) is 10.9. The topological polar surface area (TPSA) is 47.9 Å².